The van der Waals surface area contributed by atoms with Gasteiger partial charge in [-0.3, -0.25) is 9.59 Å². The molecule has 138 valence electrons. The first kappa shape index (κ1) is 18.0. The number of carbonyl (C=O) groups excluding carboxylic acids is 2. The average Bonchev–Trinajstić information content (AvgIpc) is 2.99. The summed E-state index contributed by atoms with van der Waals surface area (Å²) < 4.78 is 2.11. The van der Waals surface area contributed by atoms with Gasteiger partial charge in [0.1, 0.15) is 11.6 Å². The summed E-state index contributed by atoms with van der Waals surface area (Å²) in [5.74, 6) is 0.816. The average molecular weight is 356 g/mol. The Hall–Kier alpha value is -2.83. The molecule has 2 heterocycles. The first-order chi connectivity index (χ1) is 12.4. The molecular weight excluding hydrogens is 332 g/mol. The third-order valence-electron chi connectivity index (χ3n) is 4.73. The number of aromatic nitrogens is 2. The van der Waals surface area contributed by atoms with E-state index < -0.39 is 0 Å². The minimum atomic E-state index is -0.225. The molecule has 2 N–H and O–H groups in total. The van der Waals surface area contributed by atoms with Gasteiger partial charge in [-0.05, 0) is 37.8 Å². The lowest BCUT2D eigenvalue weighted by molar-refractivity contribution is -0.114. The number of hydrogen-bond acceptors (Lipinski definition) is 4. The summed E-state index contributed by atoms with van der Waals surface area (Å²) >= 11 is 0. The quantitative estimate of drug-likeness (QED) is 0.881. The number of amides is 2. The van der Waals surface area contributed by atoms with Gasteiger partial charge in [0.2, 0.25) is 5.91 Å². The second-order valence-electron chi connectivity index (χ2n) is 6.80. The Labute approximate surface area is 152 Å². The number of rotatable bonds is 4. The first-order valence-corrected chi connectivity index (χ1v) is 8.81. The molecule has 1 aliphatic rings. The minimum absolute atomic E-state index is 0.117. The highest BCUT2D eigenvalue weighted by molar-refractivity contribution is 5.98. The van der Waals surface area contributed by atoms with Gasteiger partial charge in [-0.2, -0.15) is 0 Å². The van der Waals surface area contributed by atoms with Gasteiger partial charge in [0.15, 0.2) is 0 Å². The van der Waals surface area contributed by atoms with E-state index in [9.17, 15) is 14.7 Å². The van der Waals surface area contributed by atoms with Crippen molar-refractivity contribution in [2.45, 2.75) is 33.2 Å². The zero-order valence-corrected chi connectivity index (χ0v) is 15.1. The Morgan fingerprint density at radius 1 is 1.38 bits per heavy atom. The summed E-state index contributed by atoms with van der Waals surface area (Å²) in [7, 11) is 0. The molecule has 3 rings (SSSR count). The molecule has 1 saturated heterocycles. The van der Waals surface area contributed by atoms with Crippen LogP contribution in [0.4, 0.5) is 5.69 Å². The molecule has 1 aliphatic heterocycles. The molecule has 0 unspecified atom stereocenters. The van der Waals surface area contributed by atoms with Crippen molar-refractivity contribution in [2.24, 2.45) is 5.92 Å². The largest absolute Gasteiger partial charge is 0.507 e. The van der Waals surface area contributed by atoms with Crippen LogP contribution in [-0.4, -0.2) is 44.5 Å². The van der Waals surface area contributed by atoms with E-state index in [0.717, 1.165) is 25.2 Å². The minimum Gasteiger partial charge on any atom is -0.507 e. The summed E-state index contributed by atoms with van der Waals surface area (Å²) in [5.41, 5.74) is 0.734. The Balaban J connectivity index is 1.69. The summed E-state index contributed by atoms with van der Waals surface area (Å²) in [6.45, 7) is 5.55. The Kier molecular flexibility index (Phi) is 5.25. The lowest BCUT2D eigenvalue weighted by Gasteiger charge is -2.33. The molecular formula is C19H24N4O3. The van der Waals surface area contributed by atoms with E-state index in [4.69, 9.17) is 0 Å². The van der Waals surface area contributed by atoms with Crippen LogP contribution in [0.25, 0.3) is 0 Å². The maximum atomic E-state index is 12.8. The summed E-state index contributed by atoms with van der Waals surface area (Å²) in [6.07, 6.45) is 5.75. The third kappa shape index (κ3) is 4.04. The molecule has 2 aromatic rings. The molecule has 0 radical (unpaired) electrons. The van der Waals surface area contributed by atoms with Crippen LogP contribution in [0.3, 0.4) is 0 Å². The molecule has 0 spiro atoms. The monoisotopic (exact) mass is 356 g/mol. The molecule has 1 aromatic heterocycles. The van der Waals surface area contributed by atoms with Crippen LogP contribution >= 0.6 is 0 Å². The lowest BCUT2D eigenvalue weighted by Crippen LogP contribution is -2.41. The van der Waals surface area contributed by atoms with Crippen LogP contribution < -0.4 is 5.32 Å². The maximum absolute atomic E-state index is 12.8. The summed E-state index contributed by atoms with van der Waals surface area (Å²) in [4.78, 5) is 30.0. The highest BCUT2D eigenvalue weighted by atomic mass is 16.3. The number of nitrogens with one attached hydrogen (secondary N) is 1. The van der Waals surface area contributed by atoms with E-state index in [-0.39, 0.29) is 23.1 Å². The Morgan fingerprint density at radius 2 is 2.19 bits per heavy atom. The van der Waals surface area contributed by atoms with Crippen molar-refractivity contribution in [2.75, 3.05) is 18.4 Å². The van der Waals surface area contributed by atoms with E-state index in [1.165, 1.54) is 13.0 Å². The lowest BCUT2D eigenvalue weighted by atomic mass is 9.97. The van der Waals surface area contributed by atoms with Gasteiger partial charge in [-0.25, -0.2) is 4.98 Å². The molecule has 0 aliphatic carbocycles. The molecule has 1 fully saturated rings. The Bertz CT molecular complexity index is 815. The summed E-state index contributed by atoms with van der Waals surface area (Å²) in [5, 5.41) is 12.8. The predicted octanol–water partition coefficient (Wildman–Crippen LogP) is 2.41. The second-order valence-corrected chi connectivity index (χ2v) is 6.80. The van der Waals surface area contributed by atoms with Crippen LogP contribution in [0.5, 0.6) is 5.75 Å². The number of likely N-dealkylation sites (tertiary alicyclic amines) is 1. The highest BCUT2D eigenvalue weighted by Gasteiger charge is 2.26. The molecule has 26 heavy (non-hydrogen) atoms. The number of nitrogens with zero attached hydrogens (tertiary/aromatic N) is 3. The standard InChI is InChI=1S/C19H24N4O3/c1-13-20-7-9-22(13)11-15-4-3-8-23(12-15)19(26)17-6-5-16(10-18(17)25)21-14(2)24/h5-7,9-10,15,25H,3-4,8,11-12H2,1-2H3,(H,21,24)/t15-/m0/s1. The van der Waals surface area contributed by atoms with E-state index in [0.29, 0.717) is 24.7 Å². The number of aryl methyl sites for hydroxylation is 1. The predicted molar refractivity (Wildman–Crippen MR) is 98.0 cm³/mol. The fourth-order valence-corrected chi connectivity index (χ4v) is 3.44. The number of piperidine rings is 1. The number of phenols is 1. The van der Waals surface area contributed by atoms with Crippen molar-refractivity contribution in [3.8, 4) is 5.75 Å². The number of hydrogen-bond donors (Lipinski definition) is 2. The van der Waals surface area contributed by atoms with Gasteiger partial charge in [0.25, 0.3) is 5.91 Å². The van der Waals surface area contributed by atoms with Crippen LogP contribution in [0, 0.1) is 12.8 Å². The zero-order chi connectivity index (χ0) is 18.7. The van der Waals surface area contributed by atoms with Crippen molar-refractivity contribution in [3.05, 3.63) is 42.0 Å². The van der Waals surface area contributed by atoms with E-state index in [1.807, 2.05) is 13.1 Å². The van der Waals surface area contributed by atoms with Gasteiger partial charge in [-0.1, -0.05) is 0 Å². The molecule has 1 aromatic carbocycles. The third-order valence-corrected chi connectivity index (χ3v) is 4.73. The number of imidazole rings is 1. The normalized spacial score (nSPS) is 17.2. The molecule has 0 saturated carbocycles. The highest BCUT2D eigenvalue weighted by Crippen LogP contribution is 2.26. The van der Waals surface area contributed by atoms with Crippen molar-refractivity contribution in [3.63, 3.8) is 0 Å². The maximum Gasteiger partial charge on any atom is 0.257 e. The topological polar surface area (TPSA) is 87.5 Å². The van der Waals surface area contributed by atoms with Crippen molar-refractivity contribution in [1.29, 1.82) is 0 Å². The molecule has 1 atom stereocenters. The summed E-state index contributed by atoms with van der Waals surface area (Å²) in [6, 6.07) is 4.60. The van der Waals surface area contributed by atoms with Crippen LogP contribution in [0.2, 0.25) is 0 Å². The van der Waals surface area contributed by atoms with Crippen molar-refractivity contribution < 1.29 is 14.7 Å². The number of benzene rings is 1. The second kappa shape index (κ2) is 7.59. The van der Waals surface area contributed by atoms with Gasteiger partial charge < -0.3 is 19.9 Å². The van der Waals surface area contributed by atoms with Crippen molar-refractivity contribution in [1.82, 2.24) is 14.5 Å². The molecule has 0 bridgehead atoms. The molecule has 7 heteroatoms. The number of aromatic hydroxyl groups is 1. The van der Waals surface area contributed by atoms with Gasteiger partial charge in [-0.15, -0.1) is 0 Å². The molecule has 7 nitrogen and oxygen atoms in total. The fraction of sp³-hybridized carbons (Fsp3) is 0.421. The first-order valence-electron chi connectivity index (χ1n) is 8.81. The van der Waals surface area contributed by atoms with E-state index in [1.54, 1.807) is 23.2 Å². The number of anilines is 1. The van der Waals surface area contributed by atoms with Gasteiger partial charge in [0.05, 0.1) is 5.56 Å². The van der Waals surface area contributed by atoms with Gasteiger partial charge in [0, 0.05) is 50.7 Å². The Morgan fingerprint density at radius 3 is 2.85 bits per heavy atom. The number of carbonyl (C=O) groups is 2. The van der Waals surface area contributed by atoms with Crippen LogP contribution in [-0.2, 0) is 11.3 Å². The molecule has 2 amide bonds. The SMILES string of the molecule is CC(=O)Nc1ccc(C(=O)N2CCC[C@@H](Cn3ccnc3C)C2)c(O)c1. The zero-order valence-electron chi connectivity index (χ0n) is 15.1. The van der Waals surface area contributed by atoms with E-state index >= 15 is 0 Å². The smallest absolute Gasteiger partial charge is 0.257 e. The van der Waals surface area contributed by atoms with Crippen LogP contribution in [0.1, 0.15) is 35.9 Å². The van der Waals surface area contributed by atoms with E-state index in [2.05, 4.69) is 14.9 Å². The van der Waals surface area contributed by atoms with Crippen LogP contribution in [0.15, 0.2) is 30.6 Å². The number of phenolic OH excluding ortho intramolecular Hbond substituents is 1. The van der Waals surface area contributed by atoms with Crippen molar-refractivity contribution >= 4 is 17.5 Å². The fourth-order valence-electron chi connectivity index (χ4n) is 3.44. The van der Waals surface area contributed by atoms with Gasteiger partial charge >= 0.3 is 0 Å².